The van der Waals surface area contributed by atoms with Crippen LogP contribution in [0, 0.1) is 0 Å². The Balaban J connectivity index is 0.993. The summed E-state index contributed by atoms with van der Waals surface area (Å²) < 4.78 is 15.6. The lowest BCUT2D eigenvalue weighted by molar-refractivity contribution is 0.669. The lowest BCUT2D eigenvalue weighted by Gasteiger charge is -2.12. The maximum atomic E-state index is 6.93. The molecule has 0 bridgehead atoms. The first kappa shape index (κ1) is 33.6. The Labute approximate surface area is 348 Å². The summed E-state index contributed by atoms with van der Waals surface area (Å²) in [4.78, 5) is 15.4. The summed E-state index contributed by atoms with van der Waals surface area (Å²) in [5, 5.41) is 8.88. The van der Waals surface area contributed by atoms with E-state index in [4.69, 9.17) is 23.8 Å². The monoisotopic (exact) mass is 780 g/mol. The van der Waals surface area contributed by atoms with Gasteiger partial charge in [0, 0.05) is 65.8 Å². The molecule has 284 valence electrons. The van der Waals surface area contributed by atoms with Gasteiger partial charge in [0.2, 0.25) is 0 Å². The molecule has 9 aromatic carbocycles. The second-order valence-corrected chi connectivity index (χ2v) is 15.6. The maximum absolute atomic E-state index is 6.93. The molecule has 0 saturated carbocycles. The first-order chi connectivity index (χ1) is 30.2. The van der Waals surface area contributed by atoms with Crippen LogP contribution < -0.4 is 0 Å². The van der Waals surface area contributed by atoms with Gasteiger partial charge in [0.25, 0.3) is 0 Å². The molecular weight excluding hydrogens is 749 g/mol. The summed E-state index contributed by atoms with van der Waals surface area (Å²) in [6.45, 7) is 0. The first-order valence-corrected chi connectivity index (χ1v) is 20.4. The minimum Gasteiger partial charge on any atom is -0.456 e. The molecule has 13 rings (SSSR count). The Bertz CT molecular complexity index is 3900. The highest BCUT2D eigenvalue weighted by Crippen LogP contribution is 2.43. The summed E-state index contributed by atoms with van der Waals surface area (Å²) in [6, 6.07) is 67.5. The van der Waals surface area contributed by atoms with Gasteiger partial charge in [0.1, 0.15) is 22.3 Å². The summed E-state index contributed by atoms with van der Waals surface area (Å²) in [6.07, 6.45) is 0. The average molecular weight is 781 g/mol. The number of furan rings is 2. The SMILES string of the molecule is c1ccc(-n2c3ccccc3c3cccc(-c4cccc5c4oc4cc(-c6nc(-c7ccc8ccccc8c7)nc(-c7ccc8c(c7)oc7ccccc78)n6)ccc45)c32)cc1. The van der Waals surface area contributed by atoms with Crippen LogP contribution in [0.4, 0.5) is 0 Å². The number of nitrogens with zero attached hydrogens (tertiary/aromatic N) is 4. The third-order valence-electron chi connectivity index (χ3n) is 12.0. The molecule has 6 heteroatoms. The second kappa shape index (κ2) is 13.1. The summed E-state index contributed by atoms with van der Waals surface area (Å²) in [7, 11) is 0. The molecule has 0 atom stereocenters. The Morgan fingerprint density at radius 2 is 0.902 bits per heavy atom. The van der Waals surface area contributed by atoms with Crippen molar-refractivity contribution in [2.45, 2.75) is 0 Å². The van der Waals surface area contributed by atoms with Gasteiger partial charge in [0.15, 0.2) is 17.5 Å². The Morgan fingerprint density at radius 1 is 0.344 bits per heavy atom. The molecule has 0 aliphatic heterocycles. The largest absolute Gasteiger partial charge is 0.456 e. The highest BCUT2D eigenvalue weighted by Gasteiger charge is 2.21. The smallest absolute Gasteiger partial charge is 0.164 e. The number of rotatable bonds is 5. The van der Waals surface area contributed by atoms with E-state index in [0.29, 0.717) is 17.5 Å². The molecule has 6 nitrogen and oxygen atoms in total. The number of hydrogen-bond donors (Lipinski definition) is 0. The van der Waals surface area contributed by atoms with Gasteiger partial charge in [-0.1, -0.05) is 140 Å². The van der Waals surface area contributed by atoms with Crippen LogP contribution in [-0.4, -0.2) is 19.5 Å². The lowest BCUT2D eigenvalue weighted by atomic mass is 9.99. The molecule has 0 radical (unpaired) electrons. The van der Waals surface area contributed by atoms with Gasteiger partial charge in [0.05, 0.1) is 11.0 Å². The van der Waals surface area contributed by atoms with Crippen molar-refractivity contribution in [3.63, 3.8) is 0 Å². The van der Waals surface area contributed by atoms with E-state index in [-0.39, 0.29) is 0 Å². The zero-order valence-corrected chi connectivity index (χ0v) is 32.6. The first-order valence-electron chi connectivity index (χ1n) is 20.4. The van der Waals surface area contributed by atoms with Crippen LogP contribution in [0.15, 0.2) is 203 Å². The zero-order valence-electron chi connectivity index (χ0n) is 32.6. The van der Waals surface area contributed by atoms with E-state index >= 15 is 0 Å². The molecule has 0 saturated heterocycles. The molecular formula is C55H32N4O2. The Morgan fingerprint density at radius 3 is 1.69 bits per heavy atom. The van der Waals surface area contributed by atoms with Crippen LogP contribution in [0.2, 0.25) is 0 Å². The third kappa shape index (κ3) is 5.26. The van der Waals surface area contributed by atoms with E-state index in [1.165, 1.54) is 10.8 Å². The Kier molecular flexibility index (Phi) is 7.21. The summed E-state index contributed by atoms with van der Waals surface area (Å²) in [5.41, 5.74) is 11.3. The van der Waals surface area contributed by atoms with Gasteiger partial charge in [-0.15, -0.1) is 0 Å². The van der Waals surface area contributed by atoms with Crippen molar-refractivity contribution in [3.8, 4) is 51.0 Å². The molecule has 0 unspecified atom stereocenters. The van der Waals surface area contributed by atoms with Crippen LogP contribution in [0.25, 0.3) is 127 Å². The second-order valence-electron chi connectivity index (χ2n) is 15.6. The van der Waals surface area contributed by atoms with Crippen LogP contribution in [0.1, 0.15) is 0 Å². The molecule has 13 aromatic rings. The fourth-order valence-electron chi connectivity index (χ4n) is 9.19. The van der Waals surface area contributed by atoms with Crippen molar-refractivity contribution >= 4 is 76.5 Å². The zero-order chi connectivity index (χ0) is 40.0. The van der Waals surface area contributed by atoms with Crippen molar-refractivity contribution in [1.82, 2.24) is 19.5 Å². The van der Waals surface area contributed by atoms with E-state index in [1.54, 1.807) is 0 Å². The van der Waals surface area contributed by atoms with Gasteiger partial charge in [-0.2, -0.15) is 0 Å². The summed E-state index contributed by atoms with van der Waals surface area (Å²) in [5.74, 6) is 1.70. The van der Waals surface area contributed by atoms with Crippen LogP contribution >= 0.6 is 0 Å². The van der Waals surface area contributed by atoms with Crippen molar-refractivity contribution in [3.05, 3.63) is 194 Å². The number of para-hydroxylation sites is 5. The molecule has 0 amide bonds. The van der Waals surface area contributed by atoms with Crippen molar-refractivity contribution in [2.24, 2.45) is 0 Å². The fourth-order valence-corrected chi connectivity index (χ4v) is 9.19. The fraction of sp³-hybridized carbons (Fsp3) is 0. The number of aromatic nitrogens is 4. The minimum atomic E-state index is 0.553. The molecule has 0 aliphatic rings. The highest BCUT2D eigenvalue weighted by molar-refractivity contribution is 6.17. The topological polar surface area (TPSA) is 69.9 Å². The van der Waals surface area contributed by atoms with Crippen molar-refractivity contribution in [1.29, 1.82) is 0 Å². The van der Waals surface area contributed by atoms with Gasteiger partial charge in [-0.05, 0) is 65.4 Å². The quantitative estimate of drug-likeness (QED) is 0.174. The van der Waals surface area contributed by atoms with Crippen LogP contribution in [0.3, 0.4) is 0 Å². The number of fused-ring (bicyclic) bond motifs is 10. The van der Waals surface area contributed by atoms with Gasteiger partial charge < -0.3 is 13.4 Å². The third-order valence-corrected chi connectivity index (χ3v) is 12.0. The minimum absolute atomic E-state index is 0.553. The molecule has 0 aliphatic carbocycles. The molecule has 4 aromatic heterocycles. The standard InChI is InChI=1S/C55H32N4O2/c1-2-14-38(15-3-1)59-47-22-8-6-16-39(47)43-18-10-19-44(51(43)59)46-21-11-20-45-42-29-27-37(32-50(42)61-52(45)46)55-57-53(35-25-24-33-12-4-5-13-34(33)30-35)56-54(58-55)36-26-28-41-40-17-7-9-23-48(40)60-49(41)31-36/h1-32H. The molecule has 0 N–H and O–H groups in total. The number of benzene rings is 9. The lowest BCUT2D eigenvalue weighted by Crippen LogP contribution is -2.00. The predicted molar refractivity (Wildman–Crippen MR) is 248 cm³/mol. The van der Waals surface area contributed by atoms with Crippen LogP contribution in [0.5, 0.6) is 0 Å². The average Bonchev–Trinajstić information content (AvgIpc) is 4.01. The number of hydrogen-bond acceptors (Lipinski definition) is 5. The van der Waals surface area contributed by atoms with Crippen molar-refractivity contribution in [2.75, 3.05) is 0 Å². The highest BCUT2D eigenvalue weighted by atomic mass is 16.3. The van der Waals surface area contributed by atoms with Gasteiger partial charge in [-0.3, -0.25) is 0 Å². The van der Waals surface area contributed by atoms with Crippen molar-refractivity contribution < 1.29 is 8.83 Å². The van der Waals surface area contributed by atoms with E-state index in [0.717, 1.165) is 99.2 Å². The normalized spacial score (nSPS) is 11.9. The van der Waals surface area contributed by atoms with Gasteiger partial charge >= 0.3 is 0 Å². The van der Waals surface area contributed by atoms with E-state index < -0.39 is 0 Å². The molecule has 0 spiro atoms. The van der Waals surface area contributed by atoms with Gasteiger partial charge in [-0.25, -0.2) is 15.0 Å². The van der Waals surface area contributed by atoms with E-state index in [9.17, 15) is 0 Å². The summed E-state index contributed by atoms with van der Waals surface area (Å²) >= 11 is 0. The van der Waals surface area contributed by atoms with Crippen LogP contribution in [-0.2, 0) is 0 Å². The molecule has 0 fully saturated rings. The van der Waals surface area contributed by atoms with E-state index in [1.807, 2.05) is 24.3 Å². The molecule has 4 heterocycles. The predicted octanol–water partition coefficient (Wildman–Crippen LogP) is 14.6. The maximum Gasteiger partial charge on any atom is 0.164 e. The molecule has 61 heavy (non-hydrogen) atoms. The van der Waals surface area contributed by atoms with E-state index in [2.05, 4.69) is 174 Å². The Hall–Kier alpha value is -8.35.